The Morgan fingerprint density at radius 3 is 2.00 bits per heavy atom. The van der Waals surface area contributed by atoms with Gasteiger partial charge in [0.1, 0.15) is 15.6 Å². The predicted octanol–water partition coefficient (Wildman–Crippen LogP) is 1.82. The molecule has 0 spiro atoms. The number of halogens is 1. The van der Waals surface area contributed by atoms with Crippen molar-refractivity contribution in [2.24, 2.45) is 0 Å². The fourth-order valence-corrected chi connectivity index (χ4v) is 3.22. The number of nitrogen functional groups attached to an aromatic ring is 2. The maximum Gasteiger partial charge on any atom is 0.213 e. The van der Waals surface area contributed by atoms with Gasteiger partial charge in [0.15, 0.2) is 0 Å². The van der Waals surface area contributed by atoms with Gasteiger partial charge in [0.2, 0.25) is 9.84 Å². The van der Waals surface area contributed by atoms with E-state index in [2.05, 4.69) is 0 Å². The summed E-state index contributed by atoms with van der Waals surface area (Å²) in [5.41, 5.74) is 11.2. The Morgan fingerprint density at radius 1 is 0.889 bits per heavy atom. The summed E-state index contributed by atoms with van der Waals surface area (Å²) in [6.45, 7) is 0. The molecule has 0 amide bonds. The van der Waals surface area contributed by atoms with Crippen LogP contribution in [0.4, 0.5) is 15.8 Å². The minimum absolute atomic E-state index is 0.00162. The van der Waals surface area contributed by atoms with E-state index in [0.717, 1.165) is 6.07 Å². The summed E-state index contributed by atoms with van der Waals surface area (Å²) in [7, 11) is -4.06. The van der Waals surface area contributed by atoms with Gasteiger partial charge in [-0.2, -0.15) is 0 Å². The number of anilines is 2. The van der Waals surface area contributed by atoms with E-state index in [9.17, 15) is 12.8 Å². The first-order valence-corrected chi connectivity index (χ1v) is 6.56. The molecular weight excluding hydrogens is 255 g/mol. The van der Waals surface area contributed by atoms with E-state index in [-0.39, 0.29) is 16.3 Å². The molecule has 0 aliphatic heterocycles. The topological polar surface area (TPSA) is 86.2 Å². The maximum absolute atomic E-state index is 13.6. The Balaban J connectivity index is 2.75. The highest BCUT2D eigenvalue weighted by Gasteiger charge is 2.25. The van der Waals surface area contributed by atoms with Gasteiger partial charge in [0, 0.05) is 0 Å². The molecule has 0 unspecified atom stereocenters. The molecular formula is C12H11FN2O2S. The van der Waals surface area contributed by atoms with Gasteiger partial charge in [-0.05, 0) is 24.3 Å². The Labute approximate surface area is 104 Å². The Bertz CT molecular complexity index is 679. The smallest absolute Gasteiger partial charge is 0.213 e. The van der Waals surface area contributed by atoms with Gasteiger partial charge in [0.05, 0.1) is 11.4 Å². The monoisotopic (exact) mass is 266 g/mol. The fourth-order valence-electron chi connectivity index (χ4n) is 1.66. The van der Waals surface area contributed by atoms with E-state index in [0.29, 0.717) is 0 Å². The lowest BCUT2D eigenvalue weighted by atomic mass is 10.3. The first-order valence-electron chi connectivity index (χ1n) is 5.08. The average Bonchev–Trinajstić information content (AvgIpc) is 2.28. The number of hydrogen-bond acceptors (Lipinski definition) is 4. The lowest BCUT2D eigenvalue weighted by molar-refractivity contribution is 0.567. The lowest BCUT2D eigenvalue weighted by Crippen LogP contribution is -2.10. The van der Waals surface area contributed by atoms with Crippen LogP contribution in [0.2, 0.25) is 0 Å². The zero-order valence-electron chi connectivity index (χ0n) is 9.30. The van der Waals surface area contributed by atoms with E-state index >= 15 is 0 Å². The lowest BCUT2D eigenvalue weighted by Gasteiger charge is -2.10. The molecule has 2 aromatic carbocycles. The summed E-state index contributed by atoms with van der Waals surface area (Å²) in [4.78, 5) is -0.690. The Kier molecular flexibility index (Phi) is 2.96. The molecule has 0 aliphatic rings. The van der Waals surface area contributed by atoms with Crippen molar-refractivity contribution in [3.05, 3.63) is 48.3 Å². The molecule has 4 nitrogen and oxygen atoms in total. The van der Waals surface area contributed by atoms with Gasteiger partial charge < -0.3 is 11.5 Å². The van der Waals surface area contributed by atoms with Gasteiger partial charge in [-0.25, -0.2) is 12.8 Å². The van der Waals surface area contributed by atoms with E-state index < -0.39 is 20.5 Å². The van der Waals surface area contributed by atoms with Gasteiger partial charge in [-0.15, -0.1) is 0 Å². The molecule has 0 heterocycles. The minimum Gasteiger partial charge on any atom is -0.398 e. The van der Waals surface area contributed by atoms with Gasteiger partial charge >= 0.3 is 0 Å². The van der Waals surface area contributed by atoms with Crippen molar-refractivity contribution in [1.29, 1.82) is 0 Å². The molecule has 0 aromatic heterocycles. The van der Waals surface area contributed by atoms with Crippen LogP contribution < -0.4 is 11.5 Å². The zero-order chi connectivity index (χ0) is 13.3. The van der Waals surface area contributed by atoms with Crippen LogP contribution in [0.1, 0.15) is 0 Å². The second-order valence-corrected chi connectivity index (χ2v) is 5.55. The maximum atomic E-state index is 13.6. The Morgan fingerprint density at radius 2 is 1.44 bits per heavy atom. The standard InChI is InChI=1S/C12H11FN2O2S/c13-8-4-1-2-7-11(8)18(16,17)12-9(14)5-3-6-10(12)15/h1-7H,14-15H2. The second-order valence-electron chi connectivity index (χ2n) is 3.70. The van der Waals surface area contributed by atoms with E-state index in [1.165, 1.54) is 36.4 Å². The Hall–Kier alpha value is -2.08. The molecule has 4 N–H and O–H groups in total. The molecule has 0 fully saturated rings. The van der Waals surface area contributed by atoms with Crippen LogP contribution in [0.25, 0.3) is 0 Å². The highest BCUT2D eigenvalue weighted by Crippen LogP contribution is 2.31. The summed E-state index contributed by atoms with van der Waals surface area (Å²) in [5.74, 6) is -0.833. The molecule has 94 valence electrons. The zero-order valence-corrected chi connectivity index (χ0v) is 10.1. The molecule has 0 aliphatic carbocycles. The van der Waals surface area contributed by atoms with Crippen LogP contribution in [-0.2, 0) is 9.84 Å². The minimum atomic E-state index is -4.06. The van der Waals surface area contributed by atoms with Crippen molar-refractivity contribution >= 4 is 21.2 Å². The first kappa shape index (κ1) is 12.4. The van der Waals surface area contributed by atoms with Crippen molar-refractivity contribution in [2.45, 2.75) is 9.79 Å². The summed E-state index contributed by atoms with van der Waals surface area (Å²) in [5, 5.41) is 0. The van der Waals surface area contributed by atoms with Crippen molar-refractivity contribution < 1.29 is 12.8 Å². The van der Waals surface area contributed by atoms with Gasteiger partial charge in [-0.1, -0.05) is 18.2 Å². The molecule has 6 heteroatoms. The van der Waals surface area contributed by atoms with E-state index in [1.54, 1.807) is 0 Å². The third kappa shape index (κ3) is 1.91. The van der Waals surface area contributed by atoms with Crippen molar-refractivity contribution in [3.8, 4) is 0 Å². The predicted molar refractivity (Wildman–Crippen MR) is 67.1 cm³/mol. The number of hydrogen-bond donors (Lipinski definition) is 2. The van der Waals surface area contributed by atoms with Crippen LogP contribution in [0.15, 0.2) is 52.3 Å². The summed E-state index contributed by atoms with van der Waals surface area (Å²) >= 11 is 0. The van der Waals surface area contributed by atoms with Crippen molar-refractivity contribution in [1.82, 2.24) is 0 Å². The van der Waals surface area contributed by atoms with E-state index in [4.69, 9.17) is 11.5 Å². The number of benzene rings is 2. The molecule has 18 heavy (non-hydrogen) atoms. The van der Waals surface area contributed by atoms with Crippen LogP contribution in [0.3, 0.4) is 0 Å². The fraction of sp³-hybridized carbons (Fsp3) is 0. The summed E-state index contributed by atoms with van der Waals surface area (Å²) < 4.78 is 38.2. The van der Waals surface area contributed by atoms with Crippen molar-refractivity contribution in [2.75, 3.05) is 11.5 Å². The number of nitrogens with two attached hydrogens (primary N) is 2. The normalized spacial score (nSPS) is 11.4. The average molecular weight is 266 g/mol. The van der Waals surface area contributed by atoms with Crippen LogP contribution in [0.5, 0.6) is 0 Å². The van der Waals surface area contributed by atoms with E-state index in [1.807, 2.05) is 0 Å². The molecule has 2 aromatic rings. The van der Waals surface area contributed by atoms with Crippen LogP contribution >= 0.6 is 0 Å². The summed E-state index contributed by atoms with van der Waals surface area (Å²) in [6.07, 6.45) is 0. The molecule has 0 atom stereocenters. The molecule has 0 saturated heterocycles. The highest BCUT2D eigenvalue weighted by molar-refractivity contribution is 7.91. The molecule has 0 radical (unpaired) electrons. The number of rotatable bonds is 2. The summed E-state index contributed by atoms with van der Waals surface area (Å²) in [6, 6.07) is 9.44. The van der Waals surface area contributed by atoms with Gasteiger partial charge in [-0.3, -0.25) is 0 Å². The van der Waals surface area contributed by atoms with Crippen molar-refractivity contribution in [3.63, 3.8) is 0 Å². The second kappa shape index (κ2) is 4.30. The van der Waals surface area contributed by atoms with Crippen LogP contribution in [0, 0.1) is 5.82 Å². The molecule has 0 saturated carbocycles. The third-order valence-corrected chi connectivity index (χ3v) is 4.39. The quantitative estimate of drug-likeness (QED) is 0.812. The molecule has 2 rings (SSSR count). The van der Waals surface area contributed by atoms with Crippen LogP contribution in [-0.4, -0.2) is 8.42 Å². The largest absolute Gasteiger partial charge is 0.398 e. The third-order valence-electron chi connectivity index (χ3n) is 2.47. The first-order chi connectivity index (χ1) is 8.44. The SMILES string of the molecule is Nc1cccc(N)c1S(=O)(=O)c1ccccc1F. The molecule has 0 bridgehead atoms. The highest BCUT2D eigenvalue weighted by atomic mass is 32.2. The number of sulfone groups is 1. The van der Waals surface area contributed by atoms with Gasteiger partial charge in [0.25, 0.3) is 0 Å².